The molecule has 0 atom stereocenters. The molecule has 292 valence electrons. The summed E-state index contributed by atoms with van der Waals surface area (Å²) < 4.78 is 6.12. The molecule has 12 rings (SSSR count). The van der Waals surface area contributed by atoms with Crippen LogP contribution in [0.25, 0.3) is 111 Å². The second-order valence-corrected chi connectivity index (χ2v) is 16.9. The highest BCUT2D eigenvalue weighted by Gasteiger charge is 2.37. The van der Waals surface area contributed by atoms with Gasteiger partial charge in [-0.3, -0.25) is 0 Å². The number of benzene rings is 9. The van der Waals surface area contributed by atoms with Crippen LogP contribution >= 0.6 is 0 Å². The summed E-state index contributed by atoms with van der Waals surface area (Å²) >= 11 is 0. The molecule has 11 aromatic rings. The fourth-order valence-electron chi connectivity index (χ4n) is 9.78. The normalized spacial score (nSPS) is 12.8. The highest BCUT2D eigenvalue weighted by atomic mass is 16.3. The SMILES string of the molecule is CC1(C)c2cc3ccccc3cc2-c2c(-c3ccccc3-c3cc(-c4ccccc4-c4ccc(-c5ccc6oc7ccccc7c6c5)cc4)nc(-c4ccccc4)n3)cccc21. The molecule has 0 amide bonds. The Morgan fingerprint density at radius 2 is 0.935 bits per heavy atom. The van der Waals surface area contributed by atoms with Gasteiger partial charge in [0.25, 0.3) is 0 Å². The van der Waals surface area contributed by atoms with Gasteiger partial charge in [-0.25, -0.2) is 9.97 Å². The Morgan fingerprint density at radius 1 is 0.355 bits per heavy atom. The third kappa shape index (κ3) is 5.81. The molecule has 1 aliphatic rings. The summed E-state index contributed by atoms with van der Waals surface area (Å²) in [5.74, 6) is 0.691. The van der Waals surface area contributed by atoms with Crippen LogP contribution in [-0.4, -0.2) is 9.97 Å². The van der Waals surface area contributed by atoms with E-state index in [2.05, 4.69) is 202 Å². The fourth-order valence-corrected chi connectivity index (χ4v) is 9.78. The third-order valence-electron chi connectivity index (χ3n) is 12.9. The van der Waals surface area contributed by atoms with E-state index in [-0.39, 0.29) is 5.41 Å². The van der Waals surface area contributed by atoms with Crippen molar-refractivity contribution in [1.29, 1.82) is 0 Å². The molecule has 62 heavy (non-hydrogen) atoms. The zero-order valence-corrected chi connectivity index (χ0v) is 34.4. The Labute approximate surface area is 360 Å². The Morgan fingerprint density at radius 3 is 1.71 bits per heavy atom. The lowest BCUT2D eigenvalue weighted by molar-refractivity contribution is 0.661. The Hall–Kier alpha value is -7.88. The van der Waals surface area contributed by atoms with Gasteiger partial charge in [-0.2, -0.15) is 0 Å². The molecule has 0 radical (unpaired) electrons. The minimum Gasteiger partial charge on any atom is -0.456 e. The number of aromatic nitrogens is 2. The van der Waals surface area contributed by atoms with Crippen molar-refractivity contribution in [3.8, 4) is 78.4 Å². The molecule has 3 nitrogen and oxygen atoms in total. The first-order chi connectivity index (χ1) is 30.5. The summed E-state index contributed by atoms with van der Waals surface area (Å²) in [5.41, 5.74) is 18.7. The second-order valence-electron chi connectivity index (χ2n) is 16.9. The third-order valence-corrected chi connectivity index (χ3v) is 12.9. The van der Waals surface area contributed by atoms with Crippen LogP contribution in [0.5, 0.6) is 0 Å². The Balaban J connectivity index is 0.990. The summed E-state index contributed by atoms with van der Waals surface area (Å²) in [6.45, 7) is 4.72. The van der Waals surface area contributed by atoms with Gasteiger partial charge in [-0.05, 0) is 103 Å². The van der Waals surface area contributed by atoms with Gasteiger partial charge in [0.05, 0.1) is 11.4 Å². The Bertz CT molecular complexity index is 3540. The topological polar surface area (TPSA) is 38.9 Å². The zero-order valence-electron chi connectivity index (χ0n) is 34.4. The van der Waals surface area contributed by atoms with Crippen LogP contribution in [0.3, 0.4) is 0 Å². The second kappa shape index (κ2) is 14.1. The zero-order chi connectivity index (χ0) is 41.4. The van der Waals surface area contributed by atoms with Crippen molar-refractivity contribution in [2.24, 2.45) is 0 Å². The maximum absolute atomic E-state index is 6.12. The molecular weight excluding hydrogens is 753 g/mol. The van der Waals surface area contributed by atoms with Crippen LogP contribution in [0.4, 0.5) is 0 Å². The van der Waals surface area contributed by atoms with E-state index in [9.17, 15) is 0 Å². The number of para-hydroxylation sites is 1. The van der Waals surface area contributed by atoms with Crippen molar-refractivity contribution in [2.75, 3.05) is 0 Å². The summed E-state index contributed by atoms with van der Waals surface area (Å²) in [4.78, 5) is 10.7. The minimum atomic E-state index is -0.146. The largest absolute Gasteiger partial charge is 0.456 e. The van der Waals surface area contributed by atoms with Crippen molar-refractivity contribution in [3.05, 3.63) is 217 Å². The number of hydrogen-bond donors (Lipinski definition) is 0. The molecule has 3 heteroatoms. The molecule has 2 aromatic heterocycles. The van der Waals surface area contributed by atoms with E-state index in [4.69, 9.17) is 14.4 Å². The quantitative estimate of drug-likeness (QED) is 0.168. The lowest BCUT2D eigenvalue weighted by Crippen LogP contribution is -2.14. The molecule has 0 bridgehead atoms. The van der Waals surface area contributed by atoms with Crippen LogP contribution in [0.2, 0.25) is 0 Å². The molecule has 9 aromatic carbocycles. The average molecular weight is 793 g/mol. The van der Waals surface area contributed by atoms with Crippen molar-refractivity contribution in [1.82, 2.24) is 9.97 Å². The van der Waals surface area contributed by atoms with E-state index in [1.807, 2.05) is 18.2 Å². The van der Waals surface area contributed by atoms with Gasteiger partial charge in [-0.1, -0.05) is 184 Å². The number of fused-ring (bicyclic) bond motifs is 7. The molecule has 0 fully saturated rings. The van der Waals surface area contributed by atoms with E-state index in [0.717, 1.165) is 77.8 Å². The summed E-state index contributed by atoms with van der Waals surface area (Å²) in [5, 5.41) is 4.78. The van der Waals surface area contributed by atoms with Crippen LogP contribution < -0.4 is 0 Å². The van der Waals surface area contributed by atoms with E-state index in [1.54, 1.807) is 0 Å². The van der Waals surface area contributed by atoms with Crippen molar-refractivity contribution >= 4 is 32.7 Å². The molecule has 0 spiro atoms. The first-order valence-electron chi connectivity index (χ1n) is 21.3. The number of hydrogen-bond acceptors (Lipinski definition) is 3. The molecule has 1 aliphatic carbocycles. The van der Waals surface area contributed by atoms with E-state index < -0.39 is 0 Å². The molecule has 0 saturated carbocycles. The van der Waals surface area contributed by atoms with Gasteiger partial charge in [0.1, 0.15) is 11.2 Å². The standard InChI is InChI=1S/C59H40N2O/c1-59(2)51-25-14-24-48(57(51)50-34-40-17-6-7-18-41(40)35-52(50)59)44-20-9-11-22-46(44)54-36-53(60-58(61-54)39-15-4-3-5-16-39)45-21-10-8-19-43(45)38-29-27-37(28-30-38)42-31-32-56-49(33-42)47-23-12-13-26-55(47)62-56/h3-36H,1-2H3. The van der Waals surface area contributed by atoms with Gasteiger partial charge in [0.2, 0.25) is 0 Å². The first-order valence-corrected chi connectivity index (χ1v) is 21.3. The Kier molecular flexibility index (Phi) is 8.20. The highest BCUT2D eigenvalue weighted by molar-refractivity contribution is 6.06. The van der Waals surface area contributed by atoms with E-state index in [0.29, 0.717) is 5.82 Å². The number of furan rings is 1. The maximum Gasteiger partial charge on any atom is 0.160 e. The van der Waals surface area contributed by atoms with Crippen LogP contribution in [0, 0.1) is 0 Å². The molecular formula is C59H40N2O. The van der Waals surface area contributed by atoms with Gasteiger partial charge in [0.15, 0.2) is 5.82 Å². The molecule has 0 N–H and O–H groups in total. The van der Waals surface area contributed by atoms with Crippen molar-refractivity contribution < 1.29 is 4.42 Å². The fraction of sp³-hybridized carbons (Fsp3) is 0.0508. The average Bonchev–Trinajstić information content (AvgIpc) is 3.82. The van der Waals surface area contributed by atoms with Gasteiger partial charge >= 0.3 is 0 Å². The number of rotatable bonds is 6. The van der Waals surface area contributed by atoms with Gasteiger partial charge < -0.3 is 4.42 Å². The lowest BCUT2D eigenvalue weighted by atomic mass is 9.81. The maximum atomic E-state index is 6.12. The van der Waals surface area contributed by atoms with Crippen LogP contribution in [0.1, 0.15) is 25.0 Å². The molecule has 0 saturated heterocycles. The van der Waals surface area contributed by atoms with E-state index >= 15 is 0 Å². The monoisotopic (exact) mass is 792 g/mol. The molecule has 0 unspecified atom stereocenters. The summed E-state index contributed by atoms with van der Waals surface area (Å²) in [7, 11) is 0. The lowest BCUT2D eigenvalue weighted by Gasteiger charge is -2.22. The highest BCUT2D eigenvalue weighted by Crippen LogP contribution is 2.54. The predicted octanol–water partition coefficient (Wildman–Crippen LogP) is 15.8. The van der Waals surface area contributed by atoms with Gasteiger partial charge in [-0.15, -0.1) is 0 Å². The number of nitrogens with zero attached hydrogens (tertiary/aromatic N) is 2. The van der Waals surface area contributed by atoms with Crippen molar-refractivity contribution in [3.63, 3.8) is 0 Å². The van der Waals surface area contributed by atoms with Crippen LogP contribution in [0.15, 0.2) is 211 Å². The minimum absolute atomic E-state index is 0.146. The molecule has 2 heterocycles. The van der Waals surface area contributed by atoms with Crippen molar-refractivity contribution in [2.45, 2.75) is 19.3 Å². The van der Waals surface area contributed by atoms with Gasteiger partial charge in [0, 0.05) is 32.9 Å². The van der Waals surface area contributed by atoms with E-state index in [1.165, 1.54) is 38.6 Å². The summed E-state index contributed by atoms with van der Waals surface area (Å²) in [6, 6.07) is 73.7. The smallest absolute Gasteiger partial charge is 0.160 e. The first kappa shape index (κ1) is 36.0. The molecule has 0 aliphatic heterocycles. The summed E-state index contributed by atoms with van der Waals surface area (Å²) in [6.07, 6.45) is 0. The predicted molar refractivity (Wildman–Crippen MR) is 257 cm³/mol. The van der Waals surface area contributed by atoms with Crippen LogP contribution in [-0.2, 0) is 5.41 Å².